The number of hydrogen-bond donors (Lipinski definition) is 2. The van der Waals surface area contributed by atoms with E-state index in [0.29, 0.717) is 18.5 Å². The lowest BCUT2D eigenvalue weighted by atomic mass is 10.00. The number of fused-ring (bicyclic) bond motifs is 1. The fraction of sp³-hybridized carbons (Fsp3) is 0.417. The maximum absolute atomic E-state index is 12.7. The summed E-state index contributed by atoms with van der Waals surface area (Å²) >= 11 is 0. The van der Waals surface area contributed by atoms with Crippen LogP contribution < -0.4 is 15.5 Å². The van der Waals surface area contributed by atoms with E-state index < -0.39 is 0 Å². The first-order valence-corrected chi connectivity index (χ1v) is 10.8. The van der Waals surface area contributed by atoms with Crippen molar-refractivity contribution in [3.63, 3.8) is 0 Å². The van der Waals surface area contributed by atoms with Crippen LogP contribution in [0.25, 0.3) is 0 Å². The van der Waals surface area contributed by atoms with E-state index in [1.165, 1.54) is 22.4 Å². The van der Waals surface area contributed by atoms with Crippen molar-refractivity contribution in [2.45, 2.75) is 32.4 Å². The molecule has 1 atom stereocenters. The van der Waals surface area contributed by atoms with Crippen molar-refractivity contribution in [3.8, 4) is 0 Å². The summed E-state index contributed by atoms with van der Waals surface area (Å²) in [4.78, 5) is 21.3. The number of aryl methyl sites for hydroxylation is 1. The van der Waals surface area contributed by atoms with Crippen molar-refractivity contribution < 1.29 is 4.79 Å². The van der Waals surface area contributed by atoms with E-state index >= 15 is 0 Å². The number of anilines is 1. The van der Waals surface area contributed by atoms with E-state index in [4.69, 9.17) is 0 Å². The Kier molecular flexibility index (Phi) is 6.21. The number of rotatable bonds is 4. The Labute approximate surface area is 179 Å². The van der Waals surface area contributed by atoms with E-state index in [9.17, 15) is 4.79 Å². The van der Waals surface area contributed by atoms with E-state index in [1.807, 2.05) is 11.0 Å². The minimum Gasteiger partial charge on any atom is -0.369 e. The van der Waals surface area contributed by atoms with Gasteiger partial charge in [0.05, 0.1) is 6.54 Å². The summed E-state index contributed by atoms with van der Waals surface area (Å²) in [7, 11) is 1.75. The highest BCUT2D eigenvalue weighted by atomic mass is 16.2. The molecule has 6 heteroatoms. The van der Waals surface area contributed by atoms with Crippen LogP contribution in [0.2, 0.25) is 0 Å². The predicted molar refractivity (Wildman–Crippen MR) is 122 cm³/mol. The highest BCUT2D eigenvalue weighted by molar-refractivity contribution is 5.86. The summed E-state index contributed by atoms with van der Waals surface area (Å²) in [5.74, 6) is 0.802. The van der Waals surface area contributed by atoms with Crippen LogP contribution in [-0.4, -0.2) is 56.0 Å². The third-order valence-electron chi connectivity index (χ3n) is 6.04. The highest BCUT2D eigenvalue weighted by Crippen LogP contribution is 2.21. The maximum Gasteiger partial charge on any atom is 0.242 e. The molecule has 0 radical (unpaired) electrons. The number of carbonyl (C=O) groups is 1. The molecule has 0 bridgehead atoms. The zero-order valence-electron chi connectivity index (χ0n) is 17.9. The van der Waals surface area contributed by atoms with Gasteiger partial charge in [-0.3, -0.25) is 9.79 Å². The Morgan fingerprint density at radius 2 is 1.87 bits per heavy atom. The second kappa shape index (κ2) is 9.20. The standard InChI is InChI=1S/C24H31N5O/c1-18-7-9-22(10-8-18)28-14-12-21(17-28)27-24(25-2)26-15-23(30)29-13-11-19-5-3-4-6-20(19)16-29/h3-10,21H,11-17H2,1-2H3,(H2,25,26,27). The molecule has 2 aliphatic heterocycles. The van der Waals surface area contributed by atoms with Gasteiger partial charge in [-0.2, -0.15) is 0 Å². The average molecular weight is 406 g/mol. The first kappa shape index (κ1) is 20.3. The molecule has 158 valence electrons. The monoisotopic (exact) mass is 405 g/mol. The van der Waals surface area contributed by atoms with Gasteiger partial charge in [-0.1, -0.05) is 42.0 Å². The van der Waals surface area contributed by atoms with Gasteiger partial charge >= 0.3 is 0 Å². The number of guanidine groups is 1. The number of nitrogens with zero attached hydrogens (tertiary/aromatic N) is 3. The topological polar surface area (TPSA) is 60.0 Å². The molecule has 2 aliphatic rings. The molecule has 2 N–H and O–H groups in total. The van der Waals surface area contributed by atoms with Gasteiger partial charge in [0.1, 0.15) is 0 Å². The van der Waals surface area contributed by atoms with Crippen LogP contribution in [0.1, 0.15) is 23.1 Å². The van der Waals surface area contributed by atoms with Crippen LogP contribution in [0, 0.1) is 6.92 Å². The minimum absolute atomic E-state index is 0.111. The summed E-state index contributed by atoms with van der Waals surface area (Å²) < 4.78 is 0. The van der Waals surface area contributed by atoms with Crippen LogP contribution >= 0.6 is 0 Å². The van der Waals surface area contributed by atoms with Gasteiger partial charge in [-0.25, -0.2) is 0 Å². The van der Waals surface area contributed by atoms with Crippen LogP contribution in [0.15, 0.2) is 53.5 Å². The molecule has 1 unspecified atom stereocenters. The SMILES string of the molecule is CN=C(NCC(=O)N1CCc2ccccc2C1)NC1CCN(c2ccc(C)cc2)C1. The predicted octanol–water partition coefficient (Wildman–Crippen LogP) is 2.32. The molecule has 1 saturated heterocycles. The first-order valence-electron chi connectivity index (χ1n) is 10.8. The molecule has 30 heavy (non-hydrogen) atoms. The molecule has 0 aromatic heterocycles. The Morgan fingerprint density at radius 3 is 2.63 bits per heavy atom. The molecule has 1 amide bonds. The number of aliphatic imine (C=N–C) groups is 1. The van der Waals surface area contributed by atoms with Gasteiger partial charge in [-0.05, 0) is 43.0 Å². The van der Waals surface area contributed by atoms with Crippen molar-refractivity contribution >= 4 is 17.6 Å². The van der Waals surface area contributed by atoms with Gasteiger partial charge in [0.25, 0.3) is 0 Å². The first-order chi connectivity index (χ1) is 14.6. The number of benzene rings is 2. The average Bonchev–Trinajstić information content (AvgIpc) is 3.25. The second-order valence-electron chi connectivity index (χ2n) is 8.17. The Hall–Kier alpha value is -3.02. The van der Waals surface area contributed by atoms with Crippen LogP contribution in [0.5, 0.6) is 0 Å². The van der Waals surface area contributed by atoms with E-state index in [0.717, 1.165) is 32.5 Å². The maximum atomic E-state index is 12.7. The van der Waals surface area contributed by atoms with Crippen LogP contribution in [0.3, 0.4) is 0 Å². The van der Waals surface area contributed by atoms with Crippen molar-refractivity contribution in [2.24, 2.45) is 4.99 Å². The third kappa shape index (κ3) is 4.75. The third-order valence-corrected chi connectivity index (χ3v) is 6.04. The fourth-order valence-electron chi connectivity index (χ4n) is 4.24. The molecule has 0 aliphatic carbocycles. The summed E-state index contributed by atoms with van der Waals surface area (Å²) in [6.45, 7) is 5.78. The summed E-state index contributed by atoms with van der Waals surface area (Å²) in [6, 6.07) is 17.4. The van der Waals surface area contributed by atoms with E-state index in [1.54, 1.807) is 7.05 Å². The Bertz CT molecular complexity index is 908. The van der Waals surface area contributed by atoms with Crippen molar-refractivity contribution in [1.82, 2.24) is 15.5 Å². The molecule has 6 nitrogen and oxygen atoms in total. The van der Waals surface area contributed by atoms with Gasteiger partial charge in [0, 0.05) is 45.0 Å². The lowest BCUT2D eigenvalue weighted by Gasteiger charge is -2.29. The highest BCUT2D eigenvalue weighted by Gasteiger charge is 2.24. The lowest BCUT2D eigenvalue weighted by Crippen LogP contribution is -2.48. The number of amides is 1. The number of nitrogens with one attached hydrogen (secondary N) is 2. The van der Waals surface area contributed by atoms with E-state index in [-0.39, 0.29) is 12.5 Å². The largest absolute Gasteiger partial charge is 0.369 e. The molecular weight excluding hydrogens is 374 g/mol. The van der Waals surface area contributed by atoms with Crippen molar-refractivity contribution in [2.75, 3.05) is 38.1 Å². The zero-order valence-corrected chi connectivity index (χ0v) is 17.9. The van der Waals surface area contributed by atoms with Crippen molar-refractivity contribution in [1.29, 1.82) is 0 Å². The normalized spacial score (nSPS) is 18.9. The Balaban J connectivity index is 1.25. The van der Waals surface area contributed by atoms with Gasteiger partial charge in [-0.15, -0.1) is 0 Å². The van der Waals surface area contributed by atoms with Crippen LogP contribution in [-0.2, 0) is 17.8 Å². The number of hydrogen-bond acceptors (Lipinski definition) is 3. The quantitative estimate of drug-likeness (QED) is 0.606. The lowest BCUT2D eigenvalue weighted by molar-refractivity contribution is -0.130. The second-order valence-corrected chi connectivity index (χ2v) is 8.17. The summed E-state index contributed by atoms with van der Waals surface area (Å²) in [6.07, 6.45) is 1.97. The van der Waals surface area contributed by atoms with Crippen LogP contribution in [0.4, 0.5) is 5.69 Å². The van der Waals surface area contributed by atoms with Gasteiger partial charge in [0.2, 0.25) is 5.91 Å². The molecule has 4 rings (SSSR count). The molecule has 2 aromatic carbocycles. The smallest absolute Gasteiger partial charge is 0.242 e. The molecule has 2 aromatic rings. The molecule has 1 fully saturated rings. The fourth-order valence-corrected chi connectivity index (χ4v) is 4.24. The minimum atomic E-state index is 0.111. The van der Waals surface area contributed by atoms with Crippen molar-refractivity contribution in [3.05, 3.63) is 65.2 Å². The number of carbonyl (C=O) groups excluding carboxylic acids is 1. The molecule has 0 saturated carbocycles. The molecule has 0 spiro atoms. The summed E-state index contributed by atoms with van der Waals surface area (Å²) in [5.41, 5.74) is 5.14. The van der Waals surface area contributed by atoms with Gasteiger partial charge in [0.15, 0.2) is 5.96 Å². The summed E-state index contributed by atoms with van der Waals surface area (Å²) in [5, 5.41) is 6.69. The van der Waals surface area contributed by atoms with E-state index in [2.05, 4.69) is 69.9 Å². The molecule has 2 heterocycles. The Morgan fingerprint density at radius 1 is 1.10 bits per heavy atom. The molecular formula is C24H31N5O. The van der Waals surface area contributed by atoms with Gasteiger partial charge < -0.3 is 20.4 Å². The zero-order chi connectivity index (χ0) is 20.9.